The molecule has 1 heteroatoms. The summed E-state index contributed by atoms with van der Waals surface area (Å²) in [6, 6.07) is 0. The Morgan fingerprint density at radius 1 is 1.35 bits per heavy atom. The second kappa shape index (κ2) is 4.64. The first-order chi connectivity index (χ1) is 8.07. The Morgan fingerprint density at radius 2 is 2.12 bits per heavy atom. The van der Waals surface area contributed by atoms with E-state index in [1.807, 2.05) is 6.92 Å². The van der Waals surface area contributed by atoms with Gasteiger partial charge < -0.3 is 0 Å². The molecule has 2 aliphatic rings. The molecule has 0 radical (unpaired) electrons. The summed E-state index contributed by atoms with van der Waals surface area (Å²) in [7, 11) is 0. The van der Waals surface area contributed by atoms with E-state index in [4.69, 9.17) is 0 Å². The van der Waals surface area contributed by atoms with Crippen molar-refractivity contribution in [1.29, 1.82) is 0 Å². The number of carbonyl (C=O) groups is 1. The molecule has 1 nitrogen and oxygen atoms in total. The van der Waals surface area contributed by atoms with E-state index >= 15 is 0 Å². The van der Waals surface area contributed by atoms with Gasteiger partial charge in [-0.2, -0.15) is 0 Å². The maximum atomic E-state index is 10.6. The van der Waals surface area contributed by atoms with Gasteiger partial charge in [-0.1, -0.05) is 18.6 Å². The molecule has 0 N–H and O–H groups in total. The Bertz CT molecular complexity index is 423. The minimum absolute atomic E-state index is 0.396. The number of hydrogen-bond acceptors (Lipinski definition) is 1. The normalized spacial score (nSPS) is 29.8. The fourth-order valence-electron chi connectivity index (χ4n) is 3.26. The highest BCUT2D eigenvalue weighted by molar-refractivity contribution is 5.68. The van der Waals surface area contributed by atoms with Crippen molar-refractivity contribution in [2.24, 2.45) is 5.41 Å². The van der Waals surface area contributed by atoms with Crippen molar-refractivity contribution in [2.45, 2.75) is 52.9 Å². The summed E-state index contributed by atoms with van der Waals surface area (Å²) in [5.74, 6) is 0. The van der Waals surface area contributed by atoms with Crippen molar-refractivity contribution in [1.82, 2.24) is 0 Å². The largest absolute Gasteiger partial charge is 0.299 e. The Morgan fingerprint density at radius 3 is 2.82 bits per heavy atom. The molecule has 0 fully saturated rings. The molecule has 0 aromatic rings. The van der Waals surface area contributed by atoms with Crippen molar-refractivity contribution in [3.8, 4) is 0 Å². The van der Waals surface area contributed by atoms with E-state index in [0.717, 1.165) is 18.3 Å². The van der Waals surface area contributed by atoms with E-state index in [9.17, 15) is 4.79 Å². The zero-order valence-electron chi connectivity index (χ0n) is 11.2. The molecule has 0 spiro atoms. The van der Waals surface area contributed by atoms with E-state index < -0.39 is 0 Å². The van der Waals surface area contributed by atoms with Crippen molar-refractivity contribution in [3.63, 3.8) is 0 Å². The van der Waals surface area contributed by atoms with E-state index in [2.05, 4.69) is 19.9 Å². The first-order valence-electron chi connectivity index (χ1n) is 6.60. The lowest BCUT2D eigenvalue weighted by atomic mass is 9.65. The standard InChI is InChI=1S/C16H22O/c1-12(7-10-17)14-6-9-16(3)8-4-5-13(2)15(16)11-14/h7,10-11H,4-6,8-9H2,1-3H3/b12-7-. The van der Waals surface area contributed by atoms with Crippen LogP contribution in [0.15, 0.2) is 34.4 Å². The van der Waals surface area contributed by atoms with Crippen LogP contribution in [0.4, 0.5) is 0 Å². The van der Waals surface area contributed by atoms with Crippen molar-refractivity contribution in [2.75, 3.05) is 0 Å². The molecule has 0 heterocycles. The molecule has 0 saturated carbocycles. The summed E-state index contributed by atoms with van der Waals surface area (Å²) < 4.78 is 0. The van der Waals surface area contributed by atoms with Gasteiger partial charge in [0.15, 0.2) is 0 Å². The van der Waals surface area contributed by atoms with E-state index in [1.54, 1.807) is 17.2 Å². The zero-order valence-corrected chi connectivity index (χ0v) is 11.2. The third-order valence-electron chi connectivity index (χ3n) is 4.48. The molecule has 0 aromatic heterocycles. The third-order valence-corrected chi connectivity index (χ3v) is 4.48. The van der Waals surface area contributed by atoms with Gasteiger partial charge in [0.05, 0.1) is 0 Å². The average molecular weight is 230 g/mol. The topological polar surface area (TPSA) is 17.1 Å². The summed E-state index contributed by atoms with van der Waals surface area (Å²) in [5.41, 5.74) is 5.98. The Balaban J connectivity index is 2.40. The predicted octanol–water partition coefficient (Wildman–Crippen LogP) is 4.36. The molecule has 1 atom stereocenters. The molecule has 17 heavy (non-hydrogen) atoms. The third kappa shape index (κ3) is 2.29. The molecule has 92 valence electrons. The molecule has 0 aromatic carbocycles. The highest BCUT2D eigenvalue weighted by Gasteiger charge is 2.34. The van der Waals surface area contributed by atoms with Crippen LogP contribution in [0.25, 0.3) is 0 Å². The van der Waals surface area contributed by atoms with Crippen LogP contribution in [0.1, 0.15) is 52.9 Å². The van der Waals surface area contributed by atoms with E-state index in [0.29, 0.717) is 5.41 Å². The average Bonchev–Trinajstić information content (AvgIpc) is 2.29. The number of carbonyl (C=O) groups excluding carboxylic acids is 1. The Labute approximate surface area is 104 Å². The highest BCUT2D eigenvalue weighted by atomic mass is 16.1. The number of allylic oxidation sites excluding steroid dienone is 6. The molecule has 0 amide bonds. The van der Waals surface area contributed by atoms with Gasteiger partial charge >= 0.3 is 0 Å². The van der Waals surface area contributed by atoms with Crippen LogP contribution in [0, 0.1) is 5.41 Å². The second-order valence-corrected chi connectivity index (χ2v) is 5.76. The lowest BCUT2D eigenvalue weighted by Gasteiger charge is -2.40. The van der Waals surface area contributed by atoms with Gasteiger partial charge in [-0.15, -0.1) is 0 Å². The second-order valence-electron chi connectivity index (χ2n) is 5.76. The monoisotopic (exact) mass is 230 g/mol. The van der Waals surface area contributed by atoms with Crippen LogP contribution in [-0.4, -0.2) is 6.29 Å². The Hall–Kier alpha value is -1.11. The molecule has 2 rings (SSSR count). The quantitative estimate of drug-likeness (QED) is 0.509. The minimum atomic E-state index is 0.396. The van der Waals surface area contributed by atoms with Gasteiger partial charge in [0, 0.05) is 0 Å². The number of hydrogen-bond donors (Lipinski definition) is 0. The summed E-state index contributed by atoms with van der Waals surface area (Å²) >= 11 is 0. The molecular weight excluding hydrogens is 208 g/mol. The summed E-state index contributed by atoms with van der Waals surface area (Å²) in [6.07, 6.45) is 11.2. The first-order valence-corrected chi connectivity index (χ1v) is 6.60. The maximum Gasteiger partial charge on any atom is 0.143 e. The van der Waals surface area contributed by atoms with Gasteiger partial charge in [0.2, 0.25) is 0 Å². The number of fused-ring (bicyclic) bond motifs is 1. The number of rotatable bonds is 2. The van der Waals surface area contributed by atoms with E-state index in [1.165, 1.54) is 31.3 Å². The first kappa shape index (κ1) is 12.3. The fraction of sp³-hybridized carbons (Fsp3) is 0.562. The molecule has 1 unspecified atom stereocenters. The van der Waals surface area contributed by atoms with Gasteiger partial charge in [0.25, 0.3) is 0 Å². The summed E-state index contributed by atoms with van der Waals surface area (Å²) in [5, 5.41) is 0. The van der Waals surface area contributed by atoms with E-state index in [-0.39, 0.29) is 0 Å². The SMILES string of the molecule is CC1=C2C=C(/C(C)=C\C=O)CCC2(C)CCC1. The molecule has 0 bridgehead atoms. The van der Waals surface area contributed by atoms with Crippen LogP contribution in [-0.2, 0) is 4.79 Å². The van der Waals surface area contributed by atoms with Crippen molar-refractivity contribution < 1.29 is 4.79 Å². The summed E-state index contributed by atoms with van der Waals surface area (Å²) in [4.78, 5) is 10.6. The van der Waals surface area contributed by atoms with Gasteiger partial charge in [-0.25, -0.2) is 0 Å². The predicted molar refractivity (Wildman–Crippen MR) is 71.8 cm³/mol. The zero-order chi connectivity index (χ0) is 12.5. The minimum Gasteiger partial charge on any atom is -0.299 e. The fourth-order valence-corrected chi connectivity index (χ4v) is 3.26. The molecule has 0 saturated heterocycles. The van der Waals surface area contributed by atoms with Gasteiger partial charge in [0.1, 0.15) is 6.29 Å². The lowest BCUT2D eigenvalue weighted by Crippen LogP contribution is -2.26. The van der Waals surface area contributed by atoms with Crippen LogP contribution >= 0.6 is 0 Å². The lowest BCUT2D eigenvalue weighted by molar-refractivity contribution is -0.104. The van der Waals surface area contributed by atoms with Gasteiger partial charge in [-0.05, 0) is 74.2 Å². The number of aldehydes is 1. The van der Waals surface area contributed by atoms with Gasteiger partial charge in [-0.3, -0.25) is 4.79 Å². The smallest absolute Gasteiger partial charge is 0.143 e. The maximum absolute atomic E-state index is 10.6. The van der Waals surface area contributed by atoms with Crippen LogP contribution in [0.3, 0.4) is 0 Å². The Kier molecular flexibility index (Phi) is 3.37. The van der Waals surface area contributed by atoms with Crippen LogP contribution in [0.5, 0.6) is 0 Å². The van der Waals surface area contributed by atoms with Crippen LogP contribution in [0.2, 0.25) is 0 Å². The van der Waals surface area contributed by atoms with Crippen molar-refractivity contribution >= 4 is 6.29 Å². The molecule has 2 aliphatic carbocycles. The van der Waals surface area contributed by atoms with Crippen LogP contribution < -0.4 is 0 Å². The summed E-state index contributed by atoms with van der Waals surface area (Å²) in [6.45, 7) is 6.71. The molecular formula is C16H22O. The highest BCUT2D eigenvalue weighted by Crippen LogP contribution is 2.49. The van der Waals surface area contributed by atoms with Crippen molar-refractivity contribution in [3.05, 3.63) is 34.4 Å². The molecule has 0 aliphatic heterocycles.